The number of hydrogen-bond acceptors (Lipinski definition) is 4. The van der Waals surface area contributed by atoms with E-state index >= 15 is 0 Å². The zero-order valence-corrected chi connectivity index (χ0v) is 16.8. The first-order chi connectivity index (χ1) is 12.0. The molecule has 4 heteroatoms. The minimum absolute atomic E-state index is 0.0293. The fraction of sp³-hybridized carbons (Fsp3) is 0.455. The number of rotatable bonds is 5. The van der Waals surface area contributed by atoms with E-state index in [9.17, 15) is 10.2 Å². The summed E-state index contributed by atoms with van der Waals surface area (Å²) >= 11 is 0. The minimum Gasteiger partial charge on any atom is -0.506 e. The molecule has 0 saturated heterocycles. The minimum atomic E-state index is 0.0293. The molecule has 2 rings (SSSR count). The summed E-state index contributed by atoms with van der Waals surface area (Å²) < 4.78 is 0. The Bertz CT molecular complexity index is 690. The predicted octanol–water partition coefficient (Wildman–Crippen LogP) is 5.22. The largest absolute Gasteiger partial charge is 0.506 e. The van der Waals surface area contributed by atoms with Gasteiger partial charge < -0.3 is 20.8 Å². The van der Waals surface area contributed by atoms with Crippen LogP contribution in [0.4, 0.5) is 11.4 Å². The standard InChI is InChI=1S/C22H32N2O2/c1-21(2,3)15-7-9-19(25)17(13-15)23-11-12-24-18-14-16(22(4,5)6)8-10-20(18)26/h7-10,13-14,23-26H,11-12H2,1-6H3. The second-order valence-corrected chi connectivity index (χ2v) is 8.82. The third-order valence-electron chi connectivity index (χ3n) is 4.48. The molecule has 0 atom stereocenters. The van der Waals surface area contributed by atoms with Gasteiger partial charge in [-0.2, -0.15) is 0 Å². The van der Waals surface area contributed by atoms with E-state index in [2.05, 4.69) is 52.2 Å². The number of phenolic OH excluding ortho intramolecular Hbond substituents is 2. The van der Waals surface area contributed by atoms with Gasteiger partial charge in [-0.25, -0.2) is 0 Å². The van der Waals surface area contributed by atoms with Gasteiger partial charge >= 0.3 is 0 Å². The van der Waals surface area contributed by atoms with Crippen LogP contribution in [-0.2, 0) is 10.8 Å². The summed E-state index contributed by atoms with van der Waals surface area (Å²) in [6, 6.07) is 11.4. The van der Waals surface area contributed by atoms with Gasteiger partial charge in [-0.3, -0.25) is 0 Å². The average molecular weight is 357 g/mol. The molecule has 2 aromatic carbocycles. The highest BCUT2D eigenvalue weighted by Gasteiger charge is 2.16. The molecule has 0 aliphatic rings. The lowest BCUT2D eigenvalue weighted by Gasteiger charge is -2.21. The van der Waals surface area contributed by atoms with E-state index in [-0.39, 0.29) is 22.3 Å². The van der Waals surface area contributed by atoms with E-state index in [4.69, 9.17) is 0 Å². The fourth-order valence-corrected chi connectivity index (χ4v) is 2.68. The lowest BCUT2D eigenvalue weighted by Crippen LogP contribution is -2.16. The summed E-state index contributed by atoms with van der Waals surface area (Å²) in [4.78, 5) is 0. The van der Waals surface area contributed by atoms with Crippen LogP contribution in [0.3, 0.4) is 0 Å². The number of nitrogens with one attached hydrogen (secondary N) is 2. The SMILES string of the molecule is CC(C)(C)c1ccc(O)c(NCCNc2cc(C(C)(C)C)ccc2O)c1. The van der Waals surface area contributed by atoms with Crippen molar-refractivity contribution in [1.29, 1.82) is 0 Å². The summed E-state index contributed by atoms with van der Waals surface area (Å²) in [6.07, 6.45) is 0. The van der Waals surface area contributed by atoms with E-state index < -0.39 is 0 Å². The van der Waals surface area contributed by atoms with E-state index in [0.717, 1.165) is 11.4 Å². The van der Waals surface area contributed by atoms with Gasteiger partial charge in [0.2, 0.25) is 0 Å². The zero-order valence-electron chi connectivity index (χ0n) is 16.8. The van der Waals surface area contributed by atoms with Gasteiger partial charge in [-0.15, -0.1) is 0 Å². The first-order valence-corrected chi connectivity index (χ1v) is 9.13. The van der Waals surface area contributed by atoms with Gasteiger partial charge in [0.25, 0.3) is 0 Å². The molecule has 4 nitrogen and oxygen atoms in total. The Kier molecular flexibility index (Phi) is 5.74. The topological polar surface area (TPSA) is 64.5 Å². The van der Waals surface area contributed by atoms with Crippen molar-refractivity contribution < 1.29 is 10.2 Å². The van der Waals surface area contributed by atoms with Crippen LogP contribution in [0.2, 0.25) is 0 Å². The highest BCUT2D eigenvalue weighted by atomic mass is 16.3. The second kappa shape index (κ2) is 7.48. The maximum absolute atomic E-state index is 10.1. The summed E-state index contributed by atoms with van der Waals surface area (Å²) in [6.45, 7) is 14.1. The van der Waals surface area contributed by atoms with Gasteiger partial charge in [-0.05, 0) is 46.2 Å². The molecular formula is C22H32N2O2. The van der Waals surface area contributed by atoms with Gasteiger partial charge in [-0.1, -0.05) is 53.7 Å². The van der Waals surface area contributed by atoms with Crippen LogP contribution in [0.15, 0.2) is 36.4 Å². The Morgan fingerprint density at radius 3 is 1.31 bits per heavy atom. The third-order valence-corrected chi connectivity index (χ3v) is 4.48. The van der Waals surface area contributed by atoms with Crippen molar-refractivity contribution in [3.8, 4) is 11.5 Å². The third kappa shape index (κ3) is 5.07. The Morgan fingerprint density at radius 2 is 1.00 bits per heavy atom. The molecule has 0 amide bonds. The van der Waals surface area contributed by atoms with E-state index in [1.807, 2.05) is 24.3 Å². The number of benzene rings is 2. The Labute approximate surface area is 157 Å². The van der Waals surface area contributed by atoms with Crippen LogP contribution in [0.1, 0.15) is 52.7 Å². The fourth-order valence-electron chi connectivity index (χ4n) is 2.68. The zero-order chi connectivity index (χ0) is 19.5. The maximum Gasteiger partial charge on any atom is 0.138 e. The number of hydrogen-bond donors (Lipinski definition) is 4. The van der Waals surface area contributed by atoms with Crippen LogP contribution < -0.4 is 10.6 Å². The van der Waals surface area contributed by atoms with E-state index in [1.165, 1.54) is 11.1 Å². The van der Waals surface area contributed by atoms with Crippen LogP contribution >= 0.6 is 0 Å². The quantitative estimate of drug-likeness (QED) is 0.438. The maximum atomic E-state index is 10.1. The molecule has 0 aromatic heterocycles. The molecule has 0 unspecified atom stereocenters. The summed E-state index contributed by atoms with van der Waals surface area (Å²) in [7, 11) is 0. The lowest BCUT2D eigenvalue weighted by atomic mass is 9.87. The van der Waals surface area contributed by atoms with Crippen molar-refractivity contribution in [1.82, 2.24) is 0 Å². The summed E-state index contributed by atoms with van der Waals surface area (Å²) in [5, 5.41) is 26.7. The van der Waals surface area contributed by atoms with E-state index in [0.29, 0.717) is 13.1 Å². The van der Waals surface area contributed by atoms with Crippen molar-refractivity contribution in [2.24, 2.45) is 0 Å². The molecule has 142 valence electrons. The van der Waals surface area contributed by atoms with Crippen LogP contribution in [0, 0.1) is 0 Å². The smallest absolute Gasteiger partial charge is 0.138 e. The first-order valence-electron chi connectivity index (χ1n) is 9.13. The Morgan fingerprint density at radius 1 is 0.654 bits per heavy atom. The van der Waals surface area contributed by atoms with Crippen molar-refractivity contribution in [2.75, 3.05) is 23.7 Å². The molecule has 0 radical (unpaired) electrons. The number of phenols is 2. The van der Waals surface area contributed by atoms with Crippen molar-refractivity contribution in [3.05, 3.63) is 47.5 Å². The molecule has 0 aliphatic heterocycles. The van der Waals surface area contributed by atoms with Crippen molar-refractivity contribution in [3.63, 3.8) is 0 Å². The molecule has 0 aliphatic carbocycles. The van der Waals surface area contributed by atoms with E-state index in [1.54, 1.807) is 12.1 Å². The molecule has 0 spiro atoms. The van der Waals surface area contributed by atoms with Crippen LogP contribution in [0.5, 0.6) is 11.5 Å². The van der Waals surface area contributed by atoms with Crippen LogP contribution in [0.25, 0.3) is 0 Å². The average Bonchev–Trinajstić information content (AvgIpc) is 2.52. The van der Waals surface area contributed by atoms with Gasteiger partial charge in [0.05, 0.1) is 11.4 Å². The number of aromatic hydroxyl groups is 2. The molecule has 0 saturated carbocycles. The Balaban J connectivity index is 2.00. The molecule has 0 fully saturated rings. The highest BCUT2D eigenvalue weighted by Crippen LogP contribution is 2.32. The Hall–Kier alpha value is -2.36. The molecule has 2 aromatic rings. The molecule has 0 bridgehead atoms. The predicted molar refractivity (Wildman–Crippen MR) is 111 cm³/mol. The van der Waals surface area contributed by atoms with Gasteiger partial charge in [0, 0.05) is 13.1 Å². The first kappa shape index (κ1) is 20.0. The number of anilines is 2. The lowest BCUT2D eigenvalue weighted by molar-refractivity contribution is 0.475. The van der Waals surface area contributed by atoms with Crippen molar-refractivity contribution in [2.45, 2.75) is 52.4 Å². The van der Waals surface area contributed by atoms with Crippen LogP contribution in [-0.4, -0.2) is 23.3 Å². The highest BCUT2D eigenvalue weighted by molar-refractivity contribution is 5.60. The molecule has 0 heterocycles. The normalized spacial score (nSPS) is 12.1. The summed E-state index contributed by atoms with van der Waals surface area (Å²) in [5.74, 6) is 0.492. The van der Waals surface area contributed by atoms with Gasteiger partial charge in [0.1, 0.15) is 11.5 Å². The summed E-state index contributed by atoms with van der Waals surface area (Å²) in [5.41, 5.74) is 3.85. The second-order valence-electron chi connectivity index (χ2n) is 8.82. The molecular weight excluding hydrogens is 324 g/mol. The van der Waals surface area contributed by atoms with Gasteiger partial charge in [0.15, 0.2) is 0 Å². The van der Waals surface area contributed by atoms with Crippen molar-refractivity contribution >= 4 is 11.4 Å². The molecule has 26 heavy (non-hydrogen) atoms. The monoisotopic (exact) mass is 356 g/mol. The molecule has 4 N–H and O–H groups in total.